The molecule has 9 heteroatoms. The minimum Gasteiger partial charge on any atom is -0.341 e. The van der Waals surface area contributed by atoms with Crippen molar-refractivity contribution in [2.24, 2.45) is 0 Å². The average molecular weight is 369 g/mol. The largest absolute Gasteiger partial charge is 0.341 e. The number of aromatic nitrogens is 3. The first-order chi connectivity index (χ1) is 11.5. The molecule has 0 saturated carbocycles. The second-order valence-electron chi connectivity index (χ2n) is 4.88. The second-order valence-corrected chi connectivity index (χ2v) is 5.69. The number of anilines is 3. The lowest BCUT2D eigenvalue weighted by atomic mass is 10.3. The summed E-state index contributed by atoms with van der Waals surface area (Å²) in [6.07, 6.45) is 1.39. The molecule has 0 saturated heterocycles. The number of hydrogen-bond acceptors (Lipinski definition) is 5. The monoisotopic (exact) mass is 368 g/mol. The maximum absolute atomic E-state index is 12.4. The summed E-state index contributed by atoms with van der Waals surface area (Å²) < 4.78 is 0. The third-order valence-electron chi connectivity index (χ3n) is 3.37. The molecule has 0 bridgehead atoms. The van der Waals surface area contributed by atoms with Crippen LogP contribution in [0.5, 0.6) is 0 Å². The van der Waals surface area contributed by atoms with Crippen LogP contribution in [0.15, 0.2) is 24.5 Å². The molecule has 24 heavy (non-hydrogen) atoms. The Bertz CT molecular complexity index is 723. The van der Waals surface area contributed by atoms with Gasteiger partial charge in [0.25, 0.3) is 0 Å². The quantitative estimate of drug-likeness (QED) is 0.870. The first kappa shape index (κ1) is 18.2. The molecule has 1 aromatic carbocycles. The summed E-state index contributed by atoms with van der Waals surface area (Å²) in [6.45, 7) is 5.54. The van der Waals surface area contributed by atoms with E-state index in [0.717, 1.165) is 13.1 Å². The summed E-state index contributed by atoms with van der Waals surface area (Å²) >= 11 is 11.8. The van der Waals surface area contributed by atoms with Crippen LogP contribution in [-0.4, -0.2) is 41.1 Å². The second kappa shape index (κ2) is 8.12. The number of rotatable bonds is 5. The van der Waals surface area contributed by atoms with Crippen molar-refractivity contribution in [1.82, 2.24) is 15.0 Å². The lowest BCUT2D eigenvalue weighted by Crippen LogP contribution is -2.33. The normalized spacial score (nSPS) is 10.4. The molecule has 2 amide bonds. The fourth-order valence-electron chi connectivity index (χ4n) is 1.97. The highest BCUT2D eigenvalue weighted by atomic mass is 35.5. The van der Waals surface area contributed by atoms with E-state index in [2.05, 4.69) is 20.3 Å². The lowest BCUT2D eigenvalue weighted by molar-refractivity contribution is 0.257. The van der Waals surface area contributed by atoms with E-state index in [4.69, 9.17) is 23.2 Å². The van der Waals surface area contributed by atoms with Crippen LogP contribution >= 0.6 is 23.2 Å². The highest BCUT2D eigenvalue weighted by Gasteiger charge is 2.16. The van der Waals surface area contributed by atoms with Crippen LogP contribution in [0.3, 0.4) is 0 Å². The van der Waals surface area contributed by atoms with E-state index < -0.39 is 6.03 Å². The Morgan fingerprint density at radius 3 is 2.42 bits per heavy atom. The molecule has 1 N–H and O–H groups in total. The smallest absolute Gasteiger partial charge is 0.328 e. The molecule has 2 rings (SSSR count). The molecule has 1 aromatic heterocycles. The van der Waals surface area contributed by atoms with Crippen molar-refractivity contribution in [1.29, 1.82) is 0 Å². The van der Waals surface area contributed by atoms with Crippen LogP contribution in [0, 0.1) is 0 Å². The van der Waals surface area contributed by atoms with Gasteiger partial charge in [0.1, 0.15) is 6.33 Å². The lowest BCUT2D eigenvalue weighted by Gasteiger charge is -2.20. The van der Waals surface area contributed by atoms with Crippen molar-refractivity contribution in [3.8, 4) is 0 Å². The Kier molecular flexibility index (Phi) is 6.16. The first-order valence-electron chi connectivity index (χ1n) is 7.40. The molecule has 0 unspecified atom stereocenters. The zero-order chi connectivity index (χ0) is 17.7. The van der Waals surface area contributed by atoms with E-state index in [1.54, 1.807) is 25.2 Å². The molecule has 2 aromatic rings. The van der Waals surface area contributed by atoms with Gasteiger partial charge < -0.3 is 10.2 Å². The van der Waals surface area contributed by atoms with E-state index in [1.165, 1.54) is 11.2 Å². The van der Waals surface area contributed by atoms with Crippen LogP contribution in [0.4, 0.5) is 22.4 Å². The SMILES string of the molecule is CCN(CC)c1ncnc(N(C)C(=O)Nc2ccc(Cl)c(Cl)c2)n1. The van der Waals surface area contributed by atoms with Crippen molar-refractivity contribution < 1.29 is 4.79 Å². The van der Waals surface area contributed by atoms with E-state index in [0.29, 0.717) is 21.7 Å². The number of urea groups is 1. The summed E-state index contributed by atoms with van der Waals surface area (Å²) in [6, 6.07) is 4.45. The number of amides is 2. The van der Waals surface area contributed by atoms with Gasteiger partial charge in [0.2, 0.25) is 11.9 Å². The van der Waals surface area contributed by atoms with Crippen molar-refractivity contribution >= 4 is 46.8 Å². The number of nitrogens with one attached hydrogen (secondary N) is 1. The van der Waals surface area contributed by atoms with E-state index >= 15 is 0 Å². The van der Waals surface area contributed by atoms with E-state index in [-0.39, 0.29) is 5.95 Å². The fourth-order valence-corrected chi connectivity index (χ4v) is 2.27. The minimum absolute atomic E-state index is 0.254. The molecule has 0 aliphatic carbocycles. The Morgan fingerprint density at radius 2 is 1.79 bits per heavy atom. The highest BCUT2D eigenvalue weighted by molar-refractivity contribution is 6.42. The Labute approximate surface area is 150 Å². The van der Waals surface area contributed by atoms with Gasteiger partial charge in [-0.3, -0.25) is 4.90 Å². The molecule has 0 radical (unpaired) electrons. The molecular formula is C15H18Cl2N6O. The van der Waals surface area contributed by atoms with Gasteiger partial charge in [0, 0.05) is 25.8 Å². The maximum atomic E-state index is 12.4. The maximum Gasteiger partial charge on any atom is 0.328 e. The van der Waals surface area contributed by atoms with E-state index in [9.17, 15) is 4.79 Å². The zero-order valence-electron chi connectivity index (χ0n) is 13.6. The minimum atomic E-state index is -0.398. The van der Waals surface area contributed by atoms with Gasteiger partial charge in [-0.25, -0.2) is 14.8 Å². The third-order valence-corrected chi connectivity index (χ3v) is 4.11. The first-order valence-corrected chi connectivity index (χ1v) is 8.15. The van der Waals surface area contributed by atoms with Crippen molar-refractivity contribution in [3.05, 3.63) is 34.6 Å². The third kappa shape index (κ3) is 4.24. The number of nitrogens with zero attached hydrogens (tertiary/aromatic N) is 5. The van der Waals surface area contributed by atoms with Gasteiger partial charge in [0.15, 0.2) is 0 Å². The molecule has 0 aliphatic rings. The topological polar surface area (TPSA) is 74.2 Å². The molecule has 7 nitrogen and oxygen atoms in total. The van der Waals surface area contributed by atoms with Crippen molar-refractivity contribution in [2.75, 3.05) is 35.3 Å². The van der Waals surface area contributed by atoms with Gasteiger partial charge in [-0.05, 0) is 32.0 Å². The van der Waals surface area contributed by atoms with E-state index in [1.807, 2.05) is 18.7 Å². The fraction of sp³-hybridized carbons (Fsp3) is 0.333. The Balaban J connectivity index is 2.15. The highest BCUT2D eigenvalue weighted by Crippen LogP contribution is 2.25. The molecule has 128 valence electrons. The Morgan fingerprint density at radius 1 is 1.12 bits per heavy atom. The zero-order valence-corrected chi connectivity index (χ0v) is 15.1. The van der Waals surface area contributed by atoms with Crippen molar-refractivity contribution in [3.63, 3.8) is 0 Å². The van der Waals surface area contributed by atoms with Crippen LogP contribution in [-0.2, 0) is 0 Å². The number of carbonyl (C=O) groups is 1. The molecule has 0 atom stereocenters. The molecule has 1 heterocycles. The Hall–Kier alpha value is -2.12. The molecule has 0 aliphatic heterocycles. The summed E-state index contributed by atoms with van der Waals surface area (Å²) in [4.78, 5) is 28.2. The van der Waals surface area contributed by atoms with Crippen LogP contribution in [0.2, 0.25) is 10.0 Å². The number of carbonyl (C=O) groups excluding carboxylic acids is 1. The van der Waals surface area contributed by atoms with Gasteiger partial charge in [0.05, 0.1) is 10.0 Å². The predicted molar refractivity (Wildman–Crippen MR) is 97.3 cm³/mol. The molecule has 0 fully saturated rings. The van der Waals surface area contributed by atoms with Gasteiger partial charge in [-0.15, -0.1) is 0 Å². The van der Waals surface area contributed by atoms with Gasteiger partial charge in [-0.2, -0.15) is 4.98 Å². The van der Waals surface area contributed by atoms with Gasteiger partial charge in [-0.1, -0.05) is 23.2 Å². The van der Waals surface area contributed by atoms with Crippen LogP contribution in [0.1, 0.15) is 13.8 Å². The van der Waals surface area contributed by atoms with Crippen LogP contribution in [0.25, 0.3) is 0 Å². The summed E-state index contributed by atoms with van der Waals surface area (Å²) in [5.74, 6) is 0.781. The summed E-state index contributed by atoms with van der Waals surface area (Å²) in [7, 11) is 1.58. The number of halogens is 2. The number of benzene rings is 1. The van der Waals surface area contributed by atoms with Gasteiger partial charge >= 0.3 is 6.03 Å². The van der Waals surface area contributed by atoms with Crippen molar-refractivity contribution in [2.45, 2.75) is 13.8 Å². The number of hydrogen-bond donors (Lipinski definition) is 1. The predicted octanol–water partition coefficient (Wildman–Crippen LogP) is 3.69. The summed E-state index contributed by atoms with van der Waals surface area (Å²) in [5, 5.41) is 3.50. The molecule has 0 spiro atoms. The molecular weight excluding hydrogens is 351 g/mol. The standard InChI is InChI=1S/C15H18Cl2N6O/c1-4-23(5-2)14-19-9-18-13(21-14)22(3)15(24)20-10-6-7-11(16)12(17)8-10/h6-9H,4-5H2,1-3H3,(H,20,24). The summed E-state index contributed by atoms with van der Waals surface area (Å²) in [5.41, 5.74) is 0.527. The van der Waals surface area contributed by atoms with Crippen LogP contribution < -0.4 is 15.1 Å². The average Bonchev–Trinajstić information content (AvgIpc) is 2.59.